The molecule has 0 aromatic heterocycles. The van der Waals surface area contributed by atoms with Crippen LogP contribution in [0.4, 0.5) is 0 Å². The molecular weight excluding hydrogens is 833 g/mol. The fraction of sp³-hybridized carbons (Fsp3) is 0.357. The van der Waals surface area contributed by atoms with Gasteiger partial charge < -0.3 is 47.4 Å². The van der Waals surface area contributed by atoms with Gasteiger partial charge in [-0.3, -0.25) is 0 Å². The van der Waals surface area contributed by atoms with Crippen molar-refractivity contribution in [3.63, 3.8) is 0 Å². The summed E-state index contributed by atoms with van der Waals surface area (Å²) in [6.45, 7) is 0. The lowest BCUT2D eigenvalue weighted by Crippen LogP contribution is -2.56. The molecule has 10 heteroatoms. The molecule has 10 nitrogen and oxygen atoms in total. The second-order valence-electron chi connectivity index (χ2n) is 18.1. The van der Waals surface area contributed by atoms with Crippen molar-refractivity contribution in [2.75, 3.05) is 71.1 Å². The number of hydrogen-bond donors (Lipinski definition) is 0. The summed E-state index contributed by atoms with van der Waals surface area (Å²) in [5.74, 6) is 8.12. The summed E-state index contributed by atoms with van der Waals surface area (Å²) < 4.78 is 59.4. The first kappa shape index (κ1) is 44.5. The summed E-state index contributed by atoms with van der Waals surface area (Å²) in [6.07, 6.45) is 6.56. The number of hydrogen-bond acceptors (Lipinski definition) is 10. The molecule has 4 fully saturated rings. The average molecular weight is 893 g/mol. The van der Waals surface area contributed by atoms with Crippen LogP contribution in [0.1, 0.15) is 49.7 Å². The molecule has 0 heterocycles. The third-order valence-corrected chi connectivity index (χ3v) is 14.5. The molecule has 0 unspecified atom stereocenters. The molecule has 66 heavy (non-hydrogen) atoms. The van der Waals surface area contributed by atoms with Crippen LogP contribution in [0.2, 0.25) is 0 Å². The highest BCUT2D eigenvalue weighted by Crippen LogP contribution is 2.67. The molecule has 0 atom stereocenters. The first-order valence-corrected chi connectivity index (χ1v) is 22.4. The van der Waals surface area contributed by atoms with Gasteiger partial charge in [0.1, 0.15) is 57.5 Å². The topological polar surface area (TPSA) is 92.3 Å². The normalized spacial score (nSPS) is 20.3. The first-order chi connectivity index (χ1) is 32.0. The molecule has 0 N–H and O–H groups in total. The van der Waals surface area contributed by atoms with E-state index in [0.717, 1.165) is 88.1 Å². The van der Waals surface area contributed by atoms with Crippen LogP contribution in [-0.2, 0) is 10.8 Å². The fourth-order valence-corrected chi connectivity index (χ4v) is 12.0. The Kier molecular flexibility index (Phi) is 12.1. The Morgan fingerprint density at radius 2 is 0.530 bits per heavy atom. The minimum Gasteiger partial charge on any atom is -0.497 e. The van der Waals surface area contributed by atoms with Gasteiger partial charge in [0.25, 0.3) is 0 Å². The lowest BCUT2D eigenvalue weighted by atomic mass is 9.41. The van der Waals surface area contributed by atoms with Gasteiger partial charge >= 0.3 is 0 Å². The van der Waals surface area contributed by atoms with E-state index in [4.69, 9.17) is 47.4 Å². The van der Waals surface area contributed by atoms with Crippen LogP contribution in [0.15, 0.2) is 97.1 Å². The van der Waals surface area contributed by atoms with Gasteiger partial charge in [0.2, 0.25) is 0 Å². The highest BCUT2D eigenvalue weighted by Gasteiger charge is 2.59. The van der Waals surface area contributed by atoms with E-state index in [2.05, 4.69) is 72.8 Å². The summed E-state index contributed by atoms with van der Waals surface area (Å²) in [4.78, 5) is 0. The van der Waals surface area contributed by atoms with Crippen molar-refractivity contribution in [2.24, 2.45) is 11.8 Å². The molecule has 6 aromatic carbocycles. The Labute approximate surface area is 388 Å². The molecule has 6 aromatic rings. The molecule has 4 aliphatic carbocycles. The summed E-state index contributed by atoms with van der Waals surface area (Å²) in [5.41, 5.74) is 9.87. The van der Waals surface area contributed by atoms with E-state index in [1.807, 2.05) is 24.3 Å². The summed E-state index contributed by atoms with van der Waals surface area (Å²) in [5, 5.41) is 0. The van der Waals surface area contributed by atoms with Gasteiger partial charge in [-0.15, -0.1) is 0 Å². The molecule has 4 saturated carbocycles. The summed E-state index contributed by atoms with van der Waals surface area (Å²) in [6, 6.07) is 33.6. The molecule has 0 radical (unpaired) electrons. The van der Waals surface area contributed by atoms with Gasteiger partial charge in [-0.05, 0) is 167 Å². The standard InChI is InChI=1S/C56H60O10/c1-57-41-12-35(13-42(24-41)58-2)49-20-39(21-50(53(49)65-9)36-14-43(59-3)25-44(15-36)60-4)55-28-33-11-34(29-55)31-56(30-33,32-55)40-22-51(37-16-45(61-5)26-46(17-37)62-6)54(66-10)52(23-40)38-18-47(63-7)27-48(19-38)64-8/h12-27,33-34H,11,28-32H2,1-10H3. The highest BCUT2D eigenvalue weighted by molar-refractivity contribution is 5.87. The van der Waals surface area contributed by atoms with Gasteiger partial charge in [-0.25, -0.2) is 0 Å². The highest BCUT2D eigenvalue weighted by atomic mass is 16.5. The largest absolute Gasteiger partial charge is 0.497 e. The summed E-state index contributed by atoms with van der Waals surface area (Å²) >= 11 is 0. The molecule has 4 aliphatic rings. The van der Waals surface area contributed by atoms with Gasteiger partial charge in [0.05, 0.1) is 71.1 Å². The van der Waals surface area contributed by atoms with Crippen LogP contribution < -0.4 is 47.4 Å². The van der Waals surface area contributed by atoms with Crippen molar-refractivity contribution < 1.29 is 47.4 Å². The minimum atomic E-state index is -0.148. The van der Waals surface area contributed by atoms with E-state index in [0.29, 0.717) is 57.8 Å². The maximum atomic E-state index is 6.43. The maximum Gasteiger partial charge on any atom is 0.134 e. The zero-order valence-electron chi connectivity index (χ0n) is 39.7. The zero-order valence-corrected chi connectivity index (χ0v) is 39.7. The molecule has 0 aliphatic heterocycles. The minimum absolute atomic E-state index is 0.148. The van der Waals surface area contributed by atoms with E-state index in [9.17, 15) is 0 Å². The quantitative estimate of drug-likeness (QED) is 0.0935. The van der Waals surface area contributed by atoms with Crippen LogP contribution in [-0.4, -0.2) is 71.1 Å². The van der Waals surface area contributed by atoms with E-state index in [1.165, 1.54) is 17.5 Å². The number of methoxy groups -OCH3 is 10. The third kappa shape index (κ3) is 7.94. The number of ether oxygens (including phenoxy) is 10. The van der Waals surface area contributed by atoms with E-state index in [1.54, 1.807) is 71.1 Å². The molecule has 0 amide bonds. The van der Waals surface area contributed by atoms with Gasteiger partial charge in [-0.2, -0.15) is 0 Å². The van der Waals surface area contributed by atoms with E-state index < -0.39 is 0 Å². The molecule has 0 saturated heterocycles. The van der Waals surface area contributed by atoms with Crippen molar-refractivity contribution in [2.45, 2.75) is 49.4 Å². The molecular formula is C56H60O10. The van der Waals surface area contributed by atoms with Gasteiger partial charge in [0.15, 0.2) is 0 Å². The number of benzene rings is 6. The van der Waals surface area contributed by atoms with Crippen molar-refractivity contribution >= 4 is 0 Å². The first-order valence-electron chi connectivity index (χ1n) is 22.4. The second-order valence-corrected chi connectivity index (χ2v) is 18.1. The van der Waals surface area contributed by atoms with Crippen LogP contribution in [0, 0.1) is 11.8 Å². The fourth-order valence-electron chi connectivity index (χ4n) is 12.0. The zero-order chi connectivity index (χ0) is 46.3. The Morgan fingerprint density at radius 3 is 0.727 bits per heavy atom. The molecule has 4 bridgehead atoms. The van der Waals surface area contributed by atoms with Crippen molar-refractivity contribution in [3.8, 4) is 102 Å². The van der Waals surface area contributed by atoms with Crippen LogP contribution in [0.3, 0.4) is 0 Å². The second kappa shape index (κ2) is 17.9. The Hall–Kier alpha value is -6.68. The van der Waals surface area contributed by atoms with Gasteiger partial charge in [0, 0.05) is 46.5 Å². The molecule has 10 rings (SSSR count). The Balaban J connectivity index is 1.29. The SMILES string of the molecule is COc1cc(OC)cc(-c2cc(C34CC5CC(C3)CC(c3cc(-c6cc(OC)cc(OC)c6)c(OC)c(-c6cc(OC)cc(OC)c6)c3)(C5)C4)cc(-c3cc(OC)cc(OC)c3)c2OC)c1. The lowest BCUT2D eigenvalue weighted by Gasteiger charge is -2.63. The number of rotatable bonds is 16. The van der Waals surface area contributed by atoms with Crippen LogP contribution in [0.25, 0.3) is 44.5 Å². The summed E-state index contributed by atoms with van der Waals surface area (Å²) in [7, 11) is 16.9. The predicted molar refractivity (Wildman–Crippen MR) is 258 cm³/mol. The van der Waals surface area contributed by atoms with Crippen LogP contribution >= 0.6 is 0 Å². The van der Waals surface area contributed by atoms with Crippen molar-refractivity contribution in [1.82, 2.24) is 0 Å². The Morgan fingerprint density at radius 1 is 0.303 bits per heavy atom. The Bertz CT molecular complexity index is 2330. The van der Waals surface area contributed by atoms with Crippen molar-refractivity contribution in [3.05, 3.63) is 108 Å². The van der Waals surface area contributed by atoms with E-state index >= 15 is 0 Å². The predicted octanol–water partition coefficient (Wildman–Crippen LogP) is 12.2. The smallest absolute Gasteiger partial charge is 0.134 e. The maximum absolute atomic E-state index is 6.43. The van der Waals surface area contributed by atoms with Crippen molar-refractivity contribution in [1.29, 1.82) is 0 Å². The average Bonchev–Trinajstić information content (AvgIpc) is 3.36. The molecule has 344 valence electrons. The van der Waals surface area contributed by atoms with E-state index in [-0.39, 0.29) is 10.8 Å². The van der Waals surface area contributed by atoms with Gasteiger partial charge in [-0.1, -0.05) is 0 Å². The van der Waals surface area contributed by atoms with Crippen LogP contribution in [0.5, 0.6) is 57.5 Å². The lowest BCUT2D eigenvalue weighted by molar-refractivity contribution is -0.0280. The molecule has 0 spiro atoms. The third-order valence-electron chi connectivity index (χ3n) is 14.5. The monoisotopic (exact) mass is 892 g/mol.